The number of halogens is 2. The fourth-order valence-corrected chi connectivity index (χ4v) is 3.45. The number of allylic oxidation sites excluding steroid dienone is 1. The number of unbranched alkanes of at least 4 members (excludes halogenated alkanes) is 1. The van der Waals surface area contributed by atoms with E-state index in [0.717, 1.165) is 37.7 Å². The third-order valence-corrected chi connectivity index (χ3v) is 5.05. The molecule has 4 heteroatoms. The normalized spacial score (nSPS) is 12.4. The SMILES string of the molecule is C=CC(F)(F)c1ccc(CCCCC(CC(=O)OCC)Cc2ccccc2)cc1. The van der Waals surface area contributed by atoms with Crippen LogP contribution in [-0.4, -0.2) is 12.6 Å². The molecule has 0 aliphatic rings. The van der Waals surface area contributed by atoms with Crippen LogP contribution in [-0.2, 0) is 28.3 Å². The summed E-state index contributed by atoms with van der Waals surface area (Å²) in [5.74, 6) is -2.90. The van der Waals surface area contributed by atoms with E-state index in [1.807, 2.05) is 25.1 Å². The number of alkyl halides is 2. The zero-order valence-electron chi connectivity index (χ0n) is 17.1. The van der Waals surface area contributed by atoms with E-state index in [4.69, 9.17) is 4.74 Å². The summed E-state index contributed by atoms with van der Waals surface area (Å²) in [5.41, 5.74) is 2.23. The van der Waals surface area contributed by atoms with E-state index in [9.17, 15) is 13.6 Å². The number of carbonyl (C=O) groups excluding carboxylic acids is 1. The number of esters is 1. The zero-order valence-corrected chi connectivity index (χ0v) is 17.1. The predicted molar refractivity (Wildman–Crippen MR) is 113 cm³/mol. The smallest absolute Gasteiger partial charge is 0.306 e. The molecule has 2 nitrogen and oxygen atoms in total. The van der Waals surface area contributed by atoms with Gasteiger partial charge in [-0.3, -0.25) is 4.79 Å². The van der Waals surface area contributed by atoms with Gasteiger partial charge in [0.05, 0.1) is 6.61 Å². The largest absolute Gasteiger partial charge is 0.466 e. The molecule has 0 heterocycles. The van der Waals surface area contributed by atoms with E-state index in [1.54, 1.807) is 12.1 Å². The summed E-state index contributed by atoms with van der Waals surface area (Å²) in [6, 6.07) is 16.6. The van der Waals surface area contributed by atoms with E-state index in [2.05, 4.69) is 18.7 Å². The van der Waals surface area contributed by atoms with Gasteiger partial charge >= 0.3 is 5.97 Å². The van der Waals surface area contributed by atoms with Crippen LogP contribution in [0.3, 0.4) is 0 Å². The van der Waals surface area contributed by atoms with Crippen molar-refractivity contribution < 1.29 is 18.3 Å². The van der Waals surface area contributed by atoms with Gasteiger partial charge in [0.1, 0.15) is 0 Å². The van der Waals surface area contributed by atoms with Crippen molar-refractivity contribution in [3.05, 3.63) is 83.9 Å². The minimum atomic E-state index is -2.99. The van der Waals surface area contributed by atoms with Gasteiger partial charge in [-0.2, -0.15) is 8.78 Å². The molecule has 0 amide bonds. The van der Waals surface area contributed by atoms with Crippen molar-refractivity contribution in [2.45, 2.75) is 51.4 Å². The molecule has 29 heavy (non-hydrogen) atoms. The molecule has 0 aliphatic heterocycles. The molecule has 1 atom stereocenters. The summed E-state index contributed by atoms with van der Waals surface area (Å²) in [6.07, 6.45) is 5.63. The minimum Gasteiger partial charge on any atom is -0.466 e. The third kappa shape index (κ3) is 7.80. The Bertz CT molecular complexity index is 754. The van der Waals surface area contributed by atoms with E-state index in [0.29, 0.717) is 19.1 Å². The van der Waals surface area contributed by atoms with Crippen molar-refractivity contribution in [3.63, 3.8) is 0 Å². The van der Waals surface area contributed by atoms with E-state index >= 15 is 0 Å². The maximum atomic E-state index is 13.6. The lowest BCUT2D eigenvalue weighted by molar-refractivity contribution is -0.144. The van der Waals surface area contributed by atoms with Gasteiger partial charge in [-0.15, -0.1) is 0 Å². The van der Waals surface area contributed by atoms with Gasteiger partial charge in [0.2, 0.25) is 0 Å². The number of ether oxygens (including phenoxy) is 1. The Morgan fingerprint density at radius 3 is 2.38 bits per heavy atom. The fourth-order valence-electron chi connectivity index (χ4n) is 3.45. The quantitative estimate of drug-likeness (QED) is 0.231. The molecule has 1 unspecified atom stereocenters. The second-order valence-electron chi connectivity index (χ2n) is 7.33. The molecule has 0 radical (unpaired) electrons. The Hall–Kier alpha value is -2.49. The van der Waals surface area contributed by atoms with Crippen LogP contribution >= 0.6 is 0 Å². The highest BCUT2D eigenvalue weighted by Gasteiger charge is 2.26. The highest BCUT2D eigenvalue weighted by Crippen LogP contribution is 2.29. The van der Waals surface area contributed by atoms with Crippen LogP contribution in [0.5, 0.6) is 0 Å². The van der Waals surface area contributed by atoms with Crippen molar-refractivity contribution in [3.8, 4) is 0 Å². The molecular formula is C25H30F2O2. The topological polar surface area (TPSA) is 26.3 Å². The second-order valence-corrected chi connectivity index (χ2v) is 7.33. The molecule has 0 saturated carbocycles. The van der Waals surface area contributed by atoms with E-state index < -0.39 is 5.92 Å². The second kappa shape index (κ2) is 11.5. The maximum Gasteiger partial charge on any atom is 0.306 e. The lowest BCUT2D eigenvalue weighted by Gasteiger charge is -2.16. The molecule has 0 aliphatic carbocycles. The van der Waals surface area contributed by atoms with Gasteiger partial charge in [-0.05, 0) is 55.7 Å². The summed E-state index contributed by atoms with van der Waals surface area (Å²) in [4.78, 5) is 11.9. The number of hydrogen-bond acceptors (Lipinski definition) is 2. The Morgan fingerprint density at radius 1 is 1.07 bits per heavy atom. The van der Waals surface area contributed by atoms with Crippen LogP contribution in [0.1, 0.15) is 49.3 Å². The molecule has 156 valence electrons. The van der Waals surface area contributed by atoms with Crippen LogP contribution in [0.25, 0.3) is 0 Å². The van der Waals surface area contributed by atoms with Crippen molar-refractivity contribution in [1.29, 1.82) is 0 Å². The van der Waals surface area contributed by atoms with Crippen LogP contribution in [0, 0.1) is 5.92 Å². The molecule has 0 saturated heterocycles. The van der Waals surface area contributed by atoms with Gasteiger partial charge < -0.3 is 4.74 Å². The zero-order chi connectivity index (χ0) is 21.1. The maximum absolute atomic E-state index is 13.6. The van der Waals surface area contributed by atoms with Crippen molar-refractivity contribution >= 4 is 5.97 Å². The number of rotatable bonds is 12. The molecule has 0 spiro atoms. The molecule has 2 aromatic rings. The molecule has 0 aromatic heterocycles. The lowest BCUT2D eigenvalue weighted by atomic mass is 9.90. The first-order chi connectivity index (χ1) is 13.9. The number of hydrogen-bond donors (Lipinski definition) is 0. The Balaban J connectivity index is 1.85. The monoisotopic (exact) mass is 400 g/mol. The van der Waals surface area contributed by atoms with Gasteiger partial charge in [-0.1, -0.05) is 67.6 Å². The van der Waals surface area contributed by atoms with Crippen molar-refractivity contribution in [1.82, 2.24) is 0 Å². The van der Waals surface area contributed by atoms with E-state index in [1.165, 1.54) is 17.7 Å². The first-order valence-electron chi connectivity index (χ1n) is 10.2. The van der Waals surface area contributed by atoms with Gasteiger partial charge in [-0.25, -0.2) is 0 Å². The molecule has 0 bridgehead atoms. The number of aryl methyl sites for hydroxylation is 1. The minimum absolute atomic E-state index is 0.0337. The summed E-state index contributed by atoms with van der Waals surface area (Å²) in [6.45, 7) is 5.41. The summed E-state index contributed by atoms with van der Waals surface area (Å²) in [5, 5.41) is 0. The molecule has 0 N–H and O–H groups in total. The average Bonchev–Trinajstić information content (AvgIpc) is 2.72. The highest BCUT2D eigenvalue weighted by atomic mass is 19.3. The van der Waals surface area contributed by atoms with Gasteiger partial charge in [0, 0.05) is 12.0 Å². The fraction of sp³-hybridized carbons (Fsp3) is 0.400. The molecule has 0 fully saturated rings. The van der Waals surface area contributed by atoms with E-state index in [-0.39, 0.29) is 17.5 Å². The third-order valence-electron chi connectivity index (χ3n) is 5.05. The van der Waals surface area contributed by atoms with Crippen molar-refractivity contribution in [2.75, 3.05) is 6.61 Å². The Morgan fingerprint density at radius 2 is 1.76 bits per heavy atom. The summed E-state index contributed by atoms with van der Waals surface area (Å²) < 4.78 is 32.3. The first kappa shape index (κ1) is 22.8. The molecule has 2 aromatic carbocycles. The highest BCUT2D eigenvalue weighted by molar-refractivity contribution is 5.69. The number of carbonyl (C=O) groups is 1. The standard InChI is InChI=1S/C25H30F2O2/c1-3-25(26,27)23-16-14-20(15-17-23)10-8-9-13-22(19-24(28)29-4-2)18-21-11-6-5-7-12-21/h3,5-7,11-12,14-17,22H,1,4,8-10,13,18-19H2,2H3. The van der Waals surface area contributed by atoms with Crippen LogP contribution in [0.4, 0.5) is 8.78 Å². The lowest BCUT2D eigenvalue weighted by Crippen LogP contribution is -2.14. The number of benzene rings is 2. The van der Waals surface area contributed by atoms with Crippen molar-refractivity contribution in [2.24, 2.45) is 5.92 Å². The van der Waals surface area contributed by atoms with Crippen LogP contribution in [0.15, 0.2) is 67.3 Å². The average molecular weight is 401 g/mol. The molecule has 2 rings (SSSR count). The Kier molecular flexibility index (Phi) is 9.04. The summed E-state index contributed by atoms with van der Waals surface area (Å²) in [7, 11) is 0. The van der Waals surface area contributed by atoms with Gasteiger partial charge in [0.25, 0.3) is 5.92 Å². The van der Waals surface area contributed by atoms with Crippen LogP contribution < -0.4 is 0 Å². The molecular weight excluding hydrogens is 370 g/mol. The summed E-state index contributed by atoms with van der Waals surface area (Å²) >= 11 is 0. The van der Waals surface area contributed by atoms with Crippen LogP contribution in [0.2, 0.25) is 0 Å². The Labute approximate surface area is 172 Å². The van der Waals surface area contributed by atoms with Gasteiger partial charge in [0.15, 0.2) is 0 Å². The predicted octanol–water partition coefficient (Wildman–Crippen LogP) is 6.49. The first-order valence-corrected chi connectivity index (χ1v) is 10.2.